The number of hydrogen-bond acceptors (Lipinski definition) is 0. The molecule has 2 aliphatic rings. The lowest BCUT2D eigenvalue weighted by Crippen LogP contribution is -2.35. The lowest BCUT2D eigenvalue weighted by molar-refractivity contribution is 0.454. The first kappa shape index (κ1) is 20.8. The van der Waals surface area contributed by atoms with Gasteiger partial charge in [-0.05, 0) is 95.2 Å². The van der Waals surface area contributed by atoms with Gasteiger partial charge in [-0.25, -0.2) is 0 Å². The molecule has 0 radical (unpaired) electrons. The Hall–Kier alpha value is -2.83. The molecule has 2 atom stereocenters. The molecule has 0 aromatic heterocycles. The van der Waals surface area contributed by atoms with E-state index >= 15 is 0 Å². The second kappa shape index (κ2) is 7.89. The molecule has 4 aromatic rings. The predicted molar refractivity (Wildman–Crippen MR) is 139 cm³/mol. The zero-order valence-corrected chi connectivity index (χ0v) is 20.1. The second-order valence-electron chi connectivity index (χ2n) is 9.93. The van der Waals surface area contributed by atoms with Crippen LogP contribution in [0.15, 0.2) is 84.9 Å². The highest BCUT2D eigenvalue weighted by atomic mass is 35.5. The Labute approximate surface area is 202 Å². The van der Waals surface area contributed by atoms with Gasteiger partial charge in [0.2, 0.25) is 0 Å². The fourth-order valence-electron chi connectivity index (χ4n) is 6.43. The summed E-state index contributed by atoms with van der Waals surface area (Å²) in [5, 5.41) is 0.796. The molecule has 4 aromatic carbocycles. The zero-order valence-electron chi connectivity index (χ0n) is 19.4. The van der Waals surface area contributed by atoms with Crippen molar-refractivity contribution in [3.8, 4) is 11.1 Å². The van der Waals surface area contributed by atoms with Gasteiger partial charge in [0.1, 0.15) is 0 Å². The van der Waals surface area contributed by atoms with Gasteiger partial charge in [-0.3, -0.25) is 0 Å². The predicted octanol–water partition coefficient (Wildman–Crippen LogP) is 8.65. The van der Waals surface area contributed by atoms with Gasteiger partial charge in [-0.15, -0.1) is 0 Å². The highest BCUT2D eigenvalue weighted by Gasteiger charge is 2.43. The summed E-state index contributed by atoms with van der Waals surface area (Å²) in [6.07, 6.45) is 4.55. The molecule has 0 nitrogen and oxygen atoms in total. The number of benzene rings is 4. The summed E-state index contributed by atoms with van der Waals surface area (Å²) in [6.45, 7) is 4.60. The Morgan fingerprint density at radius 1 is 0.758 bits per heavy atom. The standard InChI is InChI=1S/C32H29Cl/c1-21-7-10-24(11-8-21)32(25-12-14-26(33)15-13-25)20-19-22(2)31-29-16-9-23-5-3-4-6-27(23)28(29)17-18-30(31)32/h3-8,10-15,17-18,22H,9,16,19-20H2,1-2H3. The van der Waals surface area contributed by atoms with Gasteiger partial charge >= 0.3 is 0 Å². The van der Waals surface area contributed by atoms with E-state index in [4.69, 9.17) is 11.6 Å². The van der Waals surface area contributed by atoms with Gasteiger partial charge in [0.25, 0.3) is 0 Å². The van der Waals surface area contributed by atoms with Crippen LogP contribution in [-0.4, -0.2) is 0 Å². The average molecular weight is 449 g/mol. The van der Waals surface area contributed by atoms with Crippen LogP contribution in [0.3, 0.4) is 0 Å². The van der Waals surface area contributed by atoms with Crippen LogP contribution in [0.1, 0.15) is 64.6 Å². The largest absolute Gasteiger partial charge is 0.0843 e. The van der Waals surface area contributed by atoms with Crippen molar-refractivity contribution in [2.24, 2.45) is 0 Å². The molecule has 0 saturated carbocycles. The van der Waals surface area contributed by atoms with Crippen molar-refractivity contribution >= 4 is 11.6 Å². The fraction of sp³-hybridized carbons (Fsp3) is 0.250. The third-order valence-electron chi connectivity index (χ3n) is 8.10. The number of aryl methyl sites for hydroxylation is 2. The van der Waals surface area contributed by atoms with E-state index in [0.29, 0.717) is 5.92 Å². The minimum atomic E-state index is -0.147. The number of fused-ring (bicyclic) bond motifs is 5. The number of hydrogen-bond donors (Lipinski definition) is 0. The smallest absolute Gasteiger partial charge is 0.0454 e. The summed E-state index contributed by atoms with van der Waals surface area (Å²) in [4.78, 5) is 0. The summed E-state index contributed by atoms with van der Waals surface area (Å²) in [5.41, 5.74) is 12.9. The van der Waals surface area contributed by atoms with Gasteiger partial charge < -0.3 is 0 Å². The first-order valence-electron chi connectivity index (χ1n) is 12.2. The molecule has 2 unspecified atom stereocenters. The Bertz CT molecular complexity index is 1280. The van der Waals surface area contributed by atoms with Crippen molar-refractivity contribution in [2.75, 3.05) is 0 Å². The molecule has 0 heterocycles. The highest BCUT2D eigenvalue weighted by Crippen LogP contribution is 2.53. The molecule has 33 heavy (non-hydrogen) atoms. The Kier molecular flexibility index (Phi) is 4.96. The van der Waals surface area contributed by atoms with E-state index in [0.717, 1.165) is 24.3 Å². The Morgan fingerprint density at radius 2 is 1.45 bits per heavy atom. The first-order valence-corrected chi connectivity index (χ1v) is 12.5. The topological polar surface area (TPSA) is 0 Å². The quantitative estimate of drug-likeness (QED) is 0.288. The van der Waals surface area contributed by atoms with Gasteiger partial charge in [-0.2, -0.15) is 0 Å². The van der Waals surface area contributed by atoms with Crippen LogP contribution in [0.4, 0.5) is 0 Å². The van der Waals surface area contributed by atoms with Crippen LogP contribution >= 0.6 is 11.6 Å². The maximum Gasteiger partial charge on any atom is 0.0454 e. The Balaban J connectivity index is 1.65. The van der Waals surface area contributed by atoms with Crippen molar-refractivity contribution < 1.29 is 0 Å². The summed E-state index contributed by atoms with van der Waals surface area (Å²) < 4.78 is 0. The maximum atomic E-state index is 6.33. The monoisotopic (exact) mass is 448 g/mol. The van der Waals surface area contributed by atoms with E-state index in [9.17, 15) is 0 Å². The van der Waals surface area contributed by atoms with Crippen LogP contribution in [0.25, 0.3) is 11.1 Å². The fourth-order valence-corrected chi connectivity index (χ4v) is 6.56. The molecule has 0 spiro atoms. The molecule has 0 N–H and O–H groups in total. The van der Waals surface area contributed by atoms with Crippen molar-refractivity contribution in [3.05, 3.63) is 129 Å². The molecule has 0 bridgehead atoms. The molecule has 0 fully saturated rings. The van der Waals surface area contributed by atoms with E-state index < -0.39 is 0 Å². The number of halogens is 1. The molecule has 6 rings (SSSR count). The summed E-state index contributed by atoms with van der Waals surface area (Å²) in [7, 11) is 0. The Morgan fingerprint density at radius 3 is 2.21 bits per heavy atom. The molecule has 2 aliphatic carbocycles. The summed E-state index contributed by atoms with van der Waals surface area (Å²) in [6, 6.07) is 31.6. The van der Waals surface area contributed by atoms with Crippen LogP contribution in [0.2, 0.25) is 5.02 Å². The lowest BCUT2D eigenvalue weighted by Gasteiger charge is -2.44. The number of rotatable bonds is 2. The molecule has 0 amide bonds. The van der Waals surface area contributed by atoms with Crippen molar-refractivity contribution in [1.82, 2.24) is 0 Å². The second-order valence-corrected chi connectivity index (χ2v) is 10.4. The van der Waals surface area contributed by atoms with Crippen molar-refractivity contribution in [2.45, 2.75) is 50.9 Å². The normalized spacial score (nSPS) is 21.1. The van der Waals surface area contributed by atoms with Crippen LogP contribution in [0.5, 0.6) is 0 Å². The molecule has 0 aliphatic heterocycles. The summed E-state index contributed by atoms with van der Waals surface area (Å²) >= 11 is 6.33. The van der Waals surface area contributed by atoms with E-state index in [1.165, 1.54) is 45.4 Å². The van der Waals surface area contributed by atoms with Gasteiger partial charge in [0, 0.05) is 10.4 Å². The van der Waals surface area contributed by atoms with E-state index in [1.54, 1.807) is 11.1 Å². The molecule has 164 valence electrons. The lowest BCUT2D eigenvalue weighted by atomic mass is 9.58. The third-order valence-corrected chi connectivity index (χ3v) is 8.35. The van der Waals surface area contributed by atoms with E-state index in [2.05, 4.69) is 98.8 Å². The summed E-state index contributed by atoms with van der Waals surface area (Å²) in [5.74, 6) is 0.561. The molecule has 1 heteroatoms. The van der Waals surface area contributed by atoms with E-state index in [-0.39, 0.29) is 5.41 Å². The first-order chi connectivity index (χ1) is 16.1. The zero-order chi connectivity index (χ0) is 22.6. The molecule has 0 saturated heterocycles. The van der Waals surface area contributed by atoms with Crippen molar-refractivity contribution in [1.29, 1.82) is 0 Å². The van der Waals surface area contributed by atoms with Gasteiger partial charge in [0.15, 0.2) is 0 Å². The maximum absolute atomic E-state index is 6.33. The van der Waals surface area contributed by atoms with E-state index in [1.807, 2.05) is 0 Å². The van der Waals surface area contributed by atoms with Crippen LogP contribution in [-0.2, 0) is 18.3 Å². The average Bonchev–Trinajstić information content (AvgIpc) is 2.85. The SMILES string of the molecule is Cc1ccc(C2(c3ccc(Cl)cc3)CCC(C)c3c2ccc2c3CCc3ccccc3-2)cc1. The minimum absolute atomic E-state index is 0.147. The molecular weight excluding hydrogens is 420 g/mol. The van der Waals surface area contributed by atoms with Crippen LogP contribution < -0.4 is 0 Å². The minimum Gasteiger partial charge on any atom is -0.0843 e. The van der Waals surface area contributed by atoms with Gasteiger partial charge in [-0.1, -0.05) is 96.9 Å². The van der Waals surface area contributed by atoms with Gasteiger partial charge in [0.05, 0.1) is 0 Å². The molecular formula is C32H29Cl. The van der Waals surface area contributed by atoms with Crippen molar-refractivity contribution in [3.63, 3.8) is 0 Å². The van der Waals surface area contributed by atoms with Crippen LogP contribution in [0, 0.1) is 6.92 Å². The highest BCUT2D eigenvalue weighted by molar-refractivity contribution is 6.30. The third kappa shape index (κ3) is 3.19.